The zero-order valence-electron chi connectivity index (χ0n) is 7.07. The number of carbonyl (C=O) groups excluding carboxylic acids is 1. The summed E-state index contributed by atoms with van der Waals surface area (Å²) in [4.78, 5) is 12.4. The molecule has 0 unspecified atom stereocenters. The van der Waals surface area contributed by atoms with Crippen LogP contribution in [0.1, 0.15) is 0 Å². The van der Waals surface area contributed by atoms with Crippen molar-refractivity contribution in [3.05, 3.63) is 24.4 Å². The summed E-state index contributed by atoms with van der Waals surface area (Å²) in [5.41, 5.74) is 0. The van der Waals surface area contributed by atoms with E-state index in [1.807, 2.05) is 25.2 Å². The molecule has 11 heavy (non-hydrogen) atoms. The lowest BCUT2D eigenvalue weighted by Crippen LogP contribution is -1.99. The van der Waals surface area contributed by atoms with Gasteiger partial charge >= 0.3 is 5.97 Å². The monoisotopic (exact) mass is 155 g/mol. The summed E-state index contributed by atoms with van der Waals surface area (Å²) in [5, 5.41) is 0. The predicted octanol–water partition coefficient (Wildman–Crippen LogP) is 0.791. The van der Waals surface area contributed by atoms with Gasteiger partial charge in [-0.3, -0.25) is 0 Å². The van der Waals surface area contributed by atoms with Crippen LogP contribution in [0.2, 0.25) is 0 Å². The van der Waals surface area contributed by atoms with Crippen molar-refractivity contribution in [3.8, 4) is 0 Å². The second-order valence-corrected chi connectivity index (χ2v) is 2.19. The summed E-state index contributed by atoms with van der Waals surface area (Å²) >= 11 is 0. The number of hydrogen-bond acceptors (Lipinski definition) is 3. The molecule has 0 bridgehead atoms. The molecule has 0 aliphatic rings. The molecule has 3 heteroatoms. The van der Waals surface area contributed by atoms with Gasteiger partial charge in [0.05, 0.1) is 7.11 Å². The molecule has 62 valence electrons. The van der Waals surface area contributed by atoms with Gasteiger partial charge in [0, 0.05) is 20.2 Å². The van der Waals surface area contributed by atoms with Crippen molar-refractivity contribution in [2.24, 2.45) is 0 Å². The standard InChI is InChI=1S/C8H13NO2/c1-9(2)7-5-4-6-8(10)11-3/h4-7H,1-3H3/b6-4+,7-5+. The Kier molecular flexibility index (Phi) is 4.90. The van der Waals surface area contributed by atoms with E-state index in [0.717, 1.165) is 0 Å². The molecule has 0 amide bonds. The van der Waals surface area contributed by atoms with Crippen LogP contribution in [0, 0.1) is 0 Å². The third kappa shape index (κ3) is 6.64. The highest BCUT2D eigenvalue weighted by atomic mass is 16.5. The van der Waals surface area contributed by atoms with E-state index >= 15 is 0 Å². The summed E-state index contributed by atoms with van der Waals surface area (Å²) in [6.07, 6.45) is 6.59. The SMILES string of the molecule is COC(=O)/C=C/C=C/N(C)C. The Morgan fingerprint density at radius 2 is 2.00 bits per heavy atom. The lowest BCUT2D eigenvalue weighted by Gasteiger charge is -2.00. The molecule has 0 aromatic rings. The fourth-order valence-electron chi connectivity index (χ4n) is 0.424. The fraction of sp³-hybridized carbons (Fsp3) is 0.375. The fourth-order valence-corrected chi connectivity index (χ4v) is 0.424. The van der Waals surface area contributed by atoms with Crippen LogP contribution in [0.5, 0.6) is 0 Å². The van der Waals surface area contributed by atoms with Crippen molar-refractivity contribution in [2.45, 2.75) is 0 Å². The zero-order valence-corrected chi connectivity index (χ0v) is 7.07. The smallest absolute Gasteiger partial charge is 0.330 e. The highest BCUT2D eigenvalue weighted by Crippen LogP contribution is 1.82. The maximum Gasteiger partial charge on any atom is 0.330 e. The Hall–Kier alpha value is -1.25. The Morgan fingerprint density at radius 3 is 2.45 bits per heavy atom. The van der Waals surface area contributed by atoms with Gasteiger partial charge in [-0.1, -0.05) is 6.08 Å². The summed E-state index contributed by atoms with van der Waals surface area (Å²) < 4.78 is 4.38. The van der Waals surface area contributed by atoms with Crippen molar-refractivity contribution in [1.29, 1.82) is 0 Å². The number of nitrogens with zero attached hydrogens (tertiary/aromatic N) is 1. The molecule has 0 rings (SSSR count). The summed E-state index contributed by atoms with van der Waals surface area (Å²) in [6.45, 7) is 0. The van der Waals surface area contributed by atoms with E-state index in [-0.39, 0.29) is 5.97 Å². The average molecular weight is 155 g/mol. The molecule has 0 atom stereocenters. The third-order valence-corrected chi connectivity index (χ3v) is 0.929. The van der Waals surface area contributed by atoms with Crippen LogP contribution in [0.4, 0.5) is 0 Å². The molecule has 0 heterocycles. The van der Waals surface area contributed by atoms with Crippen LogP contribution >= 0.6 is 0 Å². The van der Waals surface area contributed by atoms with Gasteiger partial charge in [0.15, 0.2) is 0 Å². The molecule has 0 aromatic carbocycles. The van der Waals surface area contributed by atoms with Gasteiger partial charge in [-0.15, -0.1) is 0 Å². The molecule has 0 N–H and O–H groups in total. The maximum atomic E-state index is 10.5. The van der Waals surface area contributed by atoms with Gasteiger partial charge in [0.25, 0.3) is 0 Å². The first kappa shape index (κ1) is 9.75. The molecule has 0 saturated heterocycles. The zero-order chi connectivity index (χ0) is 8.69. The van der Waals surface area contributed by atoms with Crippen molar-refractivity contribution in [2.75, 3.05) is 21.2 Å². The highest BCUT2D eigenvalue weighted by Gasteiger charge is 1.86. The van der Waals surface area contributed by atoms with Crippen LogP contribution in [0.25, 0.3) is 0 Å². The quantitative estimate of drug-likeness (QED) is 0.343. The number of ether oxygens (including phenoxy) is 1. The van der Waals surface area contributed by atoms with Gasteiger partial charge in [0.1, 0.15) is 0 Å². The Labute approximate surface area is 66.9 Å². The summed E-state index contributed by atoms with van der Waals surface area (Å²) in [7, 11) is 5.16. The molecule has 0 aromatic heterocycles. The average Bonchev–Trinajstić information content (AvgIpc) is 1.97. The molecule has 0 fully saturated rings. The third-order valence-electron chi connectivity index (χ3n) is 0.929. The minimum Gasteiger partial charge on any atom is -0.466 e. The second-order valence-electron chi connectivity index (χ2n) is 2.19. The minimum atomic E-state index is -0.339. The number of carbonyl (C=O) groups is 1. The Bertz CT molecular complexity index is 171. The van der Waals surface area contributed by atoms with Gasteiger partial charge < -0.3 is 9.64 Å². The van der Waals surface area contributed by atoms with Crippen molar-refractivity contribution >= 4 is 5.97 Å². The van der Waals surface area contributed by atoms with E-state index in [0.29, 0.717) is 0 Å². The molecule has 3 nitrogen and oxygen atoms in total. The molecule has 0 saturated carbocycles. The summed E-state index contributed by atoms with van der Waals surface area (Å²) in [6, 6.07) is 0. The first-order chi connectivity index (χ1) is 5.16. The normalized spacial score (nSPS) is 10.8. The van der Waals surface area contributed by atoms with E-state index < -0.39 is 0 Å². The number of hydrogen-bond donors (Lipinski definition) is 0. The molecular weight excluding hydrogens is 142 g/mol. The number of methoxy groups -OCH3 is 1. The maximum absolute atomic E-state index is 10.5. The van der Waals surface area contributed by atoms with Gasteiger partial charge in [-0.2, -0.15) is 0 Å². The van der Waals surface area contributed by atoms with Crippen LogP contribution in [0.3, 0.4) is 0 Å². The van der Waals surface area contributed by atoms with E-state index in [1.165, 1.54) is 13.2 Å². The summed E-state index contributed by atoms with van der Waals surface area (Å²) in [5.74, 6) is -0.339. The van der Waals surface area contributed by atoms with Crippen molar-refractivity contribution < 1.29 is 9.53 Å². The number of rotatable bonds is 3. The molecule has 0 aliphatic carbocycles. The van der Waals surface area contributed by atoms with E-state index in [2.05, 4.69) is 4.74 Å². The first-order valence-corrected chi connectivity index (χ1v) is 3.26. The van der Waals surface area contributed by atoms with Crippen LogP contribution in [0.15, 0.2) is 24.4 Å². The lowest BCUT2D eigenvalue weighted by atomic mass is 10.5. The minimum absolute atomic E-state index is 0.339. The van der Waals surface area contributed by atoms with Gasteiger partial charge in [-0.05, 0) is 12.3 Å². The molecule has 0 aliphatic heterocycles. The Morgan fingerprint density at radius 1 is 1.36 bits per heavy atom. The van der Waals surface area contributed by atoms with Gasteiger partial charge in [0.2, 0.25) is 0 Å². The number of allylic oxidation sites excluding steroid dienone is 2. The second kappa shape index (κ2) is 5.53. The molecular formula is C8H13NO2. The van der Waals surface area contributed by atoms with Crippen LogP contribution in [-0.4, -0.2) is 32.1 Å². The number of esters is 1. The van der Waals surface area contributed by atoms with E-state index in [1.54, 1.807) is 12.2 Å². The van der Waals surface area contributed by atoms with Crippen molar-refractivity contribution in [3.63, 3.8) is 0 Å². The van der Waals surface area contributed by atoms with Gasteiger partial charge in [-0.25, -0.2) is 4.79 Å². The molecule has 0 spiro atoms. The lowest BCUT2D eigenvalue weighted by molar-refractivity contribution is -0.134. The highest BCUT2D eigenvalue weighted by molar-refractivity contribution is 5.82. The largest absolute Gasteiger partial charge is 0.466 e. The van der Waals surface area contributed by atoms with Crippen molar-refractivity contribution in [1.82, 2.24) is 4.90 Å². The topological polar surface area (TPSA) is 29.5 Å². The first-order valence-electron chi connectivity index (χ1n) is 3.26. The van der Waals surface area contributed by atoms with Crippen LogP contribution in [-0.2, 0) is 9.53 Å². The van der Waals surface area contributed by atoms with E-state index in [9.17, 15) is 4.79 Å². The van der Waals surface area contributed by atoms with Crippen LogP contribution < -0.4 is 0 Å². The Balaban J connectivity index is 3.68. The molecule has 0 radical (unpaired) electrons. The predicted molar refractivity (Wildman–Crippen MR) is 44.0 cm³/mol. The van der Waals surface area contributed by atoms with E-state index in [4.69, 9.17) is 0 Å².